The van der Waals surface area contributed by atoms with Gasteiger partial charge in [0.05, 0.1) is 5.52 Å². The fourth-order valence-corrected chi connectivity index (χ4v) is 2.39. The van der Waals surface area contributed by atoms with Crippen LogP contribution in [-0.2, 0) is 6.42 Å². The standard InChI is InChI=1S/C17H24N2/c1-4-18-12-11-17(2,3)13-15-10-9-14-7-5-6-8-16(14)19-15/h5-10,18H,4,11-13H2,1-3H3. The molecule has 0 saturated heterocycles. The summed E-state index contributed by atoms with van der Waals surface area (Å²) < 4.78 is 0. The molecule has 102 valence electrons. The summed E-state index contributed by atoms with van der Waals surface area (Å²) in [5.41, 5.74) is 2.58. The number of benzene rings is 1. The van der Waals surface area contributed by atoms with Gasteiger partial charge in [0, 0.05) is 11.1 Å². The summed E-state index contributed by atoms with van der Waals surface area (Å²) >= 11 is 0. The maximum atomic E-state index is 4.77. The first-order valence-corrected chi connectivity index (χ1v) is 7.16. The fraction of sp³-hybridized carbons (Fsp3) is 0.471. The molecule has 0 unspecified atom stereocenters. The number of fused-ring (bicyclic) bond motifs is 1. The van der Waals surface area contributed by atoms with E-state index >= 15 is 0 Å². The molecule has 0 atom stereocenters. The summed E-state index contributed by atoms with van der Waals surface area (Å²) in [6.45, 7) is 8.92. The normalized spacial score (nSPS) is 11.9. The summed E-state index contributed by atoms with van der Waals surface area (Å²) in [5.74, 6) is 0. The van der Waals surface area contributed by atoms with Gasteiger partial charge < -0.3 is 5.32 Å². The van der Waals surface area contributed by atoms with Gasteiger partial charge in [-0.3, -0.25) is 4.98 Å². The Morgan fingerprint density at radius 1 is 1.11 bits per heavy atom. The Kier molecular flexibility index (Phi) is 4.54. The number of rotatable bonds is 6. The second kappa shape index (κ2) is 6.16. The largest absolute Gasteiger partial charge is 0.317 e. The summed E-state index contributed by atoms with van der Waals surface area (Å²) in [6, 6.07) is 12.7. The highest BCUT2D eigenvalue weighted by molar-refractivity contribution is 5.78. The molecule has 0 amide bonds. The van der Waals surface area contributed by atoms with Crippen molar-refractivity contribution < 1.29 is 0 Å². The highest BCUT2D eigenvalue weighted by Crippen LogP contribution is 2.25. The van der Waals surface area contributed by atoms with Crippen LogP contribution in [0.2, 0.25) is 0 Å². The first-order chi connectivity index (χ1) is 9.11. The zero-order valence-electron chi connectivity index (χ0n) is 12.2. The van der Waals surface area contributed by atoms with Crippen molar-refractivity contribution in [2.75, 3.05) is 13.1 Å². The van der Waals surface area contributed by atoms with E-state index in [9.17, 15) is 0 Å². The molecule has 1 aromatic carbocycles. The van der Waals surface area contributed by atoms with Crippen LogP contribution in [0, 0.1) is 5.41 Å². The van der Waals surface area contributed by atoms with Crippen LogP contribution in [0.3, 0.4) is 0 Å². The fourth-order valence-electron chi connectivity index (χ4n) is 2.39. The van der Waals surface area contributed by atoms with E-state index in [0.29, 0.717) is 0 Å². The zero-order valence-corrected chi connectivity index (χ0v) is 12.2. The number of hydrogen-bond donors (Lipinski definition) is 1. The van der Waals surface area contributed by atoms with E-state index in [-0.39, 0.29) is 5.41 Å². The third-order valence-corrected chi connectivity index (χ3v) is 3.54. The molecule has 0 radical (unpaired) electrons. The quantitative estimate of drug-likeness (QED) is 0.795. The first-order valence-electron chi connectivity index (χ1n) is 7.16. The van der Waals surface area contributed by atoms with Gasteiger partial charge in [0.15, 0.2) is 0 Å². The lowest BCUT2D eigenvalue weighted by Crippen LogP contribution is -2.24. The molecule has 0 bridgehead atoms. The molecule has 1 heterocycles. The Balaban J connectivity index is 2.07. The van der Waals surface area contributed by atoms with Crippen molar-refractivity contribution in [1.82, 2.24) is 10.3 Å². The van der Waals surface area contributed by atoms with Gasteiger partial charge in [-0.15, -0.1) is 0 Å². The van der Waals surface area contributed by atoms with E-state index in [2.05, 4.69) is 62.5 Å². The lowest BCUT2D eigenvalue weighted by atomic mass is 9.84. The number of nitrogens with one attached hydrogen (secondary N) is 1. The minimum Gasteiger partial charge on any atom is -0.317 e. The number of hydrogen-bond acceptors (Lipinski definition) is 2. The summed E-state index contributed by atoms with van der Waals surface area (Å²) in [4.78, 5) is 4.77. The molecule has 2 rings (SSSR count). The van der Waals surface area contributed by atoms with Gasteiger partial charge in [0.1, 0.15) is 0 Å². The lowest BCUT2D eigenvalue weighted by molar-refractivity contribution is 0.324. The smallest absolute Gasteiger partial charge is 0.0705 e. The van der Waals surface area contributed by atoms with Crippen LogP contribution in [0.4, 0.5) is 0 Å². The van der Waals surface area contributed by atoms with Crippen LogP contribution in [-0.4, -0.2) is 18.1 Å². The number of pyridine rings is 1. The van der Waals surface area contributed by atoms with Crippen LogP contribution >= 0.6 is 0 Å². The van der Waals surface area contributed by atoms with Gasteiger partial charge in [-0.25, -0.2) is 0 Å². The van der Waals surface area contributed by atoms with Gasteiger partial charge in [-0.2, -0.15) is 0 Å². The monoisotopic (exact) mass is 256 g/mol. The Morgan fingerprint density at radius 2 is 1.89 bits per heavy atom. The average molecular weight is 256 g/mol. The zero-order chi connectivity index (χ0) is 13.7. The summed E-state index contributed by atoms with van der Waals surface area (Å²) in [6.07, 6.45) is 2.21. The SMILES string of the molecule is CCNCCC(C)(C)Cc1ccc2ccccc2n1. The molecule has 1 N–H and O–H groups in total. The lowest BCUT2D eigenvalue weighted by Gasteiger charge is -2.24. The van der Waals surface area contributed by atoms with Crippen LogP contribution in [0.25, 0.3) is 10.9 Å². The second-order valence-corrected chi connectivity index (χ2v) is 5.94. The Labute approximate surface area is 116 Å². The van der Waals surface area contributed by atoms with E-state index in [4.69, 9.17) is 4.98 Å². The van der Waals surface area contributed by atoms with Crippen LogP contribution < -0.4 is 5.32 Å². The highest BCUT2D eigenvalue weighted by atomic mass is 14.8. The molecule has 0 spiro atoms. The maximum absolute atomic E-state index is 4.77. The van der Waals surface area contributed by atoms with Crippen molar-refractivity contribution in [1.29, 1.82) is 0 Å². The highest BCUT2D eigenvalue weighted by Gasteiger charge is 2.18. The van der Waals surface area contributed by atoms with Crippen molar-refractivity contribution in [3.05, 3.63) is 42.1 Å². The Hall–Kier alpha value is -1.41. The summed E-state index contributed by atoms with van der Waals surface area (Å²) in [7, 11) is 0. The van der Waals surface area contributed by atoms with E-state index < -0.39 is 0 Å². The molecule has 0 aliphatic carbocycles. The predicted molar refractivity (Wildman–Crippen MR) is 82.4 cm³/mol. The van der Waals surface area contributed by atoms with Gasteiger partial charge in [0.25, 0.3) is 0 Å². The molecule has 0 aliphatic rings. The molecule has 2 aromatic rings. The minimum atomic E-state index is 0.289. The van der Waals surface area contributed by atoms with Gasteiger partial charge in [-0.05, 0) is 43.5 Å². The van der Waals surface area contributed by atoms with Crippen LogP contribution in [0.1, 0.15) is 32.9 Å². The minimum absolute atomic E-state index is 0.289. The second-order valence-electron chi connectivity index (χ2n) is 5.94. The van der Waals surface area contributed by atoms with Crippen molar-refractivity contribution in [3.63, 3.8) is 0 Å². The van der Waals surface area contributed by atoms with E-state index in [1.54, 1.807) is 0 Å². The first kappa shape index (κ1) is 14.0. The van der Waals surface area contributed by atoms with Crippen LogP contribution in [0.15, 0.2) is 36.4 Å². The Morgan fingerprint density at radius 3 is 2.68 bits per heavy atom. The molecule has 0 saturated carbocycles. The average Bonchev–Trinajstić information content (AvgIpc) is 2.38. The van der Waals surface area contributed by atoms with Crippen LogP contribution in [0.5, 0.6) is 0 Å². The molecular weight excluding hydrogens is 232 g/mol. The predicted octanol–water partition coefficient (Wildman–Crippen LogP) is 3.80. The molecule has 0 fully saturated rings. The van der Waals surface area contributed by atoms with E-state index in [0.717, 1.165) is 25.0 Å². The topological polar surface area (TPSA) is 24.9 Å². The van der Waals surface area contributed by atoms with Crippen molar-refractivity contribution >= 4 is 10.9 Å². The van der Waals surface area contributed by atoms with Crippen molar-refractivity contribution in [2.45, 2.75) is 33.6 Å². The maximum Gasteiger partial charge on any atom is 0.0705 e. The molecule has 2 heteroatoms. The molecule has 0 aliphatic heterocycles. The summed E-state index contributed by atoms with van der Waals surface area (Å²) in [5, 5.41) is 4.62. The third-order valence-electron chi connectivity index (χ3n) is 3.54. The van der Waals surface area contributed by atoms with Gasteiger partial charge in [-0.1, -0.05) is 45.0 Å². The number of para-hydroxylation sites is 1. The molecule has 1 aromatic heterocycles. The van der Waals surface area contributed by atoms with Crippen molar-refractivity contribution in [3.8, 4) is 0 Å². The van der Waals surface area contributed by atoms with E-state index in [1.807, 2.05) is 0 Å². The molecule has 19 heavy (non-hydrogen) atoms. The number of nitrogens with zero attached hydrogens (tertiary/aromatic N) is 1. The number of aromatic nitrogens is 1. The van der Waals surface area contributed by atoms with Gasteiger partial charge in [0.2, 0.25) is 0 Å². The van der Waals surface area contributed by atoms with E-state index in [1.165, 1.54) is 17.5 Å². The van der Waals surface area contributed by atoms with Gasteiger partial charge >= 0.3 is 0 Å². The Bertz CT molecular complexity index is 532. The third kappa shape index (κ3) is 4.03. The molecular formula is C17H24N2. The molecule has 2 nitrogen and oxygen atoms in total. The van der Waals surface area contributed by atoms with Crippen molar-refractivity contribution in [2.24, 2.45) is 5.41 Å².